The summed E-state index contributed by atoms with van der Waals surface area (Å²) in [5.41, 5.74) is 0. The summed E-state index contributed by atoms with van der Waals surface area (Å²) in [6, 6.07) is 0. The molecule has 11 atom stereocenters. The third kappa shape index (κ3) is 16.4. The summed E-state index contributed by atoms with van der Waals surface area (Å²) in [5.74, 6) is 0.406. The molecule has 0 aliphatic carbocycles. The highest BCUT2D eigenvalue weighted by Crippen LogP contribution is 2.30. The first-order valence-electron chi connectivity index (χ1n) is 18.5. The van der Waals surface area contributed by atoms with E-state index in [1.54, 1.807) is 0 Å². The molecule has 13 heteroatoms. The average molecular weight is 707 g/mol. The van der Waals surface area contributed by atoms with Crippen molar-refractivity contribution in [2.75, 3.05) is 40.9 Å². The molecule has 2 heterocycles. The van der Waals surface area contributed by atoms with E-state index in [0.29, 0.717) is 18.6 Å². The molecule has 2 saturated heterocycles. The first-order chi connectivity index (χ1) is 23.3. The molecule has 0 radical (unpaired) electrons. The van der Waals surface area contributed by atoms with Crippen molar-refractivity contribution in [3.8, 4) is 0 Å². The van der Waals surface area contributed by atoms with Gasteiger partial charge < -0.3 is 59.2 Å². The SMILES string of the molecule is CC(CCCCCC/C=C\CCCCCCCC(=O)CCC[N+](C)(C)C)OC1OC(CO)C(O)C(O)C1OC1OC(CO)C(O)C(O)C1O. The summed E-state index contributed by atoms with van der Waals surface area (Å²) < 4.78 is 23.8. The average Bonchev–Trinajstić information content (AvgIpc) is 3.05. The van der Waals surface area contributed by atoms with Gasteiger partial charge in [0.25, 0.3) is 0 Å². The number of hydrogen-bond acceptors (Lipinski definition) is 12. The van der Waals surface area contributed by atoms with E-state index in [-0.39, 0.29) is 6.10 Å². The minimum Gasteiger partial charge on any atom is -0.394 e. The molecule has 0 aromatic heterocycles. The Hall–Kier alpha value is -1.07. The number of aliphatic hydroxyl groups excluding tert-OH is 7. The lowest BCUT2D eigenvalue weighted by Crippen LogP contribution is -2.64. The topological polar surface area (TPSA) is 196 Å². The highest BCUT2D eigenvalue weighted by atomic mass is 16.8. The molecular weight excluding hydrogens is 638 g/mol. The fourth-order valence-electron chi connectivity index (χ4n) is 6.22. The first-order valence-corrected chi connectivity index (χ1v) is 18.5. The summed E-state index contributed by atoms with van der Waals surface area (Å²) in [4.78, 5) is 12.0. The molecule has 2 rings (SSSR count). The number of Topliss-reactive ketones (excluding diaryl/α,β-unsaturated/α-hetero) is 1. The van der Waals surface area contributed by atoms with E-state index in [1.165, 1.54) is 19.3 Å². The lowest BCUT2D eigenvalue weighted by Gasteiger charge is -2.46. The van der Waals surface area contributed by atoms with Crippen LogP contribution in [0.25, 0.3) is 0 Å². The summed E-state index contributed by atoms with van der Waals surface area (Å²) in [6.45, 7) is 1.66. The van der Waals surface area contributed by atoms with Gasteiger partial charge in [0.15, 0.2) is 12.6 Å². The van der Waals surface area contributed by atoms with E-state index in [1.807, 2.05) is 6.92 Å². The third-order valence-electron chi connectivity index (χ3n) is 9.34. The highest BCUT2D eigenvalue weighted by molar-refractivity contribution is 5.78. The monoisotopic (exact) mass is 706 g/mol. The second-order valence-electron chi connectivity index (χ2n) is 14.9. The van der Waals surface area contributed by atoms with Crippen LogP contribution in [-0.4, -0.2) is 154 Å². The van der Waals surface area contributed by atoms with Crippen LogP contribution in [0.4, 0.5) is 0 Å². The Morgan fingerprint density at radius 3 is 1.78 bits per heavy atom. The summed E-state index contributed by atoms with van der Waals surface area (Å²) in [7, 11) is 6.47. The van der Waals surface area contributed by atoms with Crippen molar-refractivity contribution in [2.45, 2.75) is 171 Å². The van der Waals surface area contributed by atoms with Crippen molar-refractivity contribution < 1.29 is 64.0 Å². The molecule has 0 aromatic carbocycles. The standard InChI is InChI=1S/C36H68NO12/c1-25(19-16-14-12-10-8-6-5-7-9-11-13-15-17-20-26(40)21-18-22-37(2,3)4)46-36-34(32(44)30(42)28(24-39)48-36)49-35-33(45)31(43)29(41)27(23-38)47-35/h5-6,25,27-36,38-39,41-45H,7-24H2,1-4H3/q+1/b6-5-. The Balaban J connectivity index is 1.60. The van der Waals surface area contributed by atoms with Crippen molar-refractivity contribution in [3.05, 3.63) is 12.2 Å². The number of aliphatic hydroxyl groups is 7. The largest absolute Gasteiger partial charge is 0.394 e. The van der Waals surface area contributed by atoms with Gasteiger partial charge >= 0.3 is 0 Å². The van der Waals surface area contributed by atoms with Gasteiger partial charge in [-0.3, -0.25) is 4.79 Å². The molecule has 11 unspecified atom stereocenters. The molecule has 0 spiro atoms. The molecule has 2 aliphatic heterocycles. The molecule has 0 bridgehead atoms. The Bertz CT molecular complexity index is 915. The smallest absolute Gasteiger partial charge is 0.187 e. The van der Waals surface area contributed by atoms with E-state index in [2.05, 4.69) is 33.3 Å². The fourth-order valence-corrected chi connectivity index (χ4v) is 6.22. The molecule has 0 saturated carbocycles. The van der Waals surface area contributed by atoms with Crippen LogP contribution >= 0.6 is 0 Å². The fraction of sp³-hybridized carbons (Fsp3) is 0.917. The number of rotatable bonds is 25. The Morgan fingerprint density at radius 1 is 0.673 bits per heavy atom. The lowest BCUT2D eigenvalue weighted by molar-refractivity contribution is -0.870. The zero-order valence-corrected chi connectivity index (χ0v) is 30.4. The first kappa shape index (κ1) is 44.1. The van der Waals surface area contributed by atoms with E-state index < -0.39 is 74.6 Å². The van der Waals surface area contributed by atoms with Crippen molar-refractivity contribution in [1.82, 2.24) is 0 Å². The van der Waals surface area contributed by atoms with E-state index in [9.17, 15) is 40.5 Å². The number of hydrogen-bond donors (Lipinski definition) is 7. The summed E-state index contributed by atoms with van der Waals surface area (Å²) in [6.07, 6.45) is 4.62. The van der Waals surface area contributed by atoms with Crippen molar-refractivity contribution in [1.29, 1.82) is 0 Å². The van der Waals surface area contributed by atoms with Crippen LogP contribution < -0.4 is 0 Å². The molecule has 2 fully saturated rings. The minimum atomic E-state index is -1.71. The number of ether oxygens (including phenoxy) is 4. The van der Waals surface area contributed by atoms with Gasteiger partial charge in [-0.05, 0) is 45.4 Å². The predicted octanol–water partition coefficient (Wildman–Crippen LogP) is 1.70. The zero-order chi connectivity index (χ0) is 36.4. The molecule has 7 N–H and O–H groups in total. The van der Waals surface area contributed by atoms with E-state index >= 15 is 0 Å². The number of unbranched alkanes of at least 4 members (excludes halogenated alkanes) is 9. The number of carbonyl (C=O) groups excluding carboxylic acids is 1. The van der Waals surface area contributed by atoms with E-state index in [0.717, 1.165) is 75.2 Å². The Labute approximate surface area is 293 Å². The highest BCUT2D eigenvalue weighted by Gasteiger charge is 2.51. The number of carbonyl (C=O) groups is 1. The molecule has 0 aromatic rings. The molecule has 288 valence electrons. The van der Waals surface area contributed by atoms with E-state index in [4.69, 9.17) is 18.9 Å². The van der Waals surface area contributed by atoms with Gasteiger partial charge in [-0.25, -0.2) is 0 Å². The lowest BCUT2D eigenvalue weighted by atomic mass is 9.97. The Morgan fingerprint density at radius 2 is 1.18 bits per heavy atom. The van der Waals surface area contributed by atoms with Crippen LogP contribution in [0, 0.1) is 0 Å². The zero-order valence-electron chi connectivity index (χ0n) is 30.4. The number of quaternary nitrogens is 1. The van der Waals surface area contributed by atoms with Crippen LogP contribution in [0.15, 0.2) is 12.2 Å². The van der Waals surface area contributed by atoms with Crippen LogP contribution in [0.2, 0.25) is 0 Å². The van der Waals surface area contributed by atoms with Gasteiger partial charge in [0.05, 0.1) is 47.0 Å². The normalized spacial score (nSPS) is 31.7. The molecule has 2 aliphatic rings. The molecule has 0 amide bonds. The summed E-state index contributed by atoms with van der Waals surface area (Å²) in [5, 5.41) is 70.9. The van der Waals surface area contributed by atoms with Gasteiger partial charge in [-0.1, -0.05) is 50.7 Å². The van der Waals surface area contributed by atoms with Crippen molar-refractivity contribution >= 4 is 5.78 Å². The number of nitrogens with zero attached hydrogens (tertiary/aromatic N) is 1. The quantitative estimate of drug-likeness (QED) is 0.0413. The second kappa shape index (κ2) is 23.5. The predicted molar refractivity (Wildman–Crippen MR) is 183 cm³/mol. The molecule has 49 heavy (non-hydrogen) atoms. The number of ketones is 1. The van der Waals surface area contributed by atoms with Crippen LogP contribution in [-0.2, 0) is 23.7 Å². The maximum atomic E-state index is 12.0. The van der Waals surface area contributed by atoms with Crippen LogP contribution in [0.3, 0.4) is 0 Å². The van der Waals surface area contributed by atoms with Crippen molar-refractivity contribution in [3.63, 3.8) is 0 Å². The van der Waals surface area contributed by atoms with Crippen molar-refractivity contribution in [2.24, 2.45) is 0 Å². The maximum absolute atomic E-state index is 12.0. The van der Waals surface area contributed by atoms with Gasteiger partial charge in [-0.2, -0.15) is 0 Å². The second-order valence-corrected chi connectivity index (χ2v) is 14.9. The Kier molecular flexibility index (Phi) is 21.1. The minimum absolute atomic E-state index is 0.328. The van der Waals surface area contributed by atoms with Gasteiger partial charge in [0.2, 0.25) is 0 Å². The van der Waals surface area contributed by atoms with Gasteiger partial charge in [-0.15, -0.1) is 0 Å². The van der Waals surface area contributed by atoms with Gasteiger partial charge in [0.1, 0.15) is 54.6 Å². The van der Waals surface area contributed by atoms with Crippen LogP contribution in [0.1, 0.15) is 103 Å². The van der Waals surface area contributed by atoms with Crippen LogP contribution in [0.5, 0.6) is 0 Å². The van der Waals surface area contributed by atoms with Gasteiger partial charge in [0, 0.05) is 19.3 Å². The maximum Gasteiger partial charge on any atom is 0.187 e. The number of allylic oxidation sites excluding steroid dienone is 2. The molecule has 13 nitrogen and oxygen atoms in total. The molecular formula is C36H68NO12+. The summed E-state index contributed by atoms with van der Waals surface area (Å²) >= 11 is 0. The third-order valence-corrected chi connectivity index (χ3v) is 9.34.